The predicted molar refractivity (Wildman–Crippen MR) is 60.6 cm³/mol. The van der Waals surface area contributed by atoms with Crippen LogP contribution in [0.25, 0.3) is 0 Å². The van der Waals surface area contributed by atoms with E-state index in [0.29, 0.717) is 6.04 Å². The van der Waals surface area contributed by atoms with Crippen LogP contribution in [0.2, 0.25) is 0 Å². The summed E-state index contributed by atoms with van der Waals surface area (Å²) in [6, 6.07) is 0.704. The number of rotatable bonds is 6. The Labute approximate surface area is 89.8 Å². The largest absolute Gasteiger partial charge is 0.313 e. The summed E-state index contributed by atoms with van der Waals surface area (Å²) in [6.07, 6.45) is 7.25. The lowest BCUT2D eigenvalue weighted by atomic mass is 10.1. The van der Waals surface area contributed by atoms with Crippen LogP contribution in [0.3, 0.4) is 0 Å². The number of hydrogen-bond acceptors (Lipinski definition) is 3. The number of thiazole rings is 1. The summed E-state index contributed by atoms with van der Waals surface area (Å²) in [5, 5.41) is 3.65. The van der Waals surface area contributed by atoms with Crippen molar-refractivity contribution in [3.63, 3.8) is 0 Å². The summed E-state index contributed by atoms with van der Waals surface area (Å²) in [5.41, 5.74) is 1.93. The van der Waals surface area contributed by atoms with Gasteiger partial charge in [0, 0.05) is 17.1 Å². The highest BCUT2D eigenvalue weighted by atomic mass is 32.1. The van der Waals surface area contributed by atoms with Gasteiger partial charge >= 0.3 is 0 Å². The van der Waals surface area contributed by atoms with E-state index in [2.05, 4.69) is 17.2 Å². The molecule has 1 aliphatic carbocycles. The average molecular weight is 210 g/mol. The van der Waals surface area contributed by atoms with Crippen LogP contribution in [-0.4, -0.2) is 17.6 Å². The van der Waals surface area contributed by atoms with Crippen molar-refractivity contribution in [2.75, 3.05) is 6.54 Å². The first-order chi connectivity index (χ1) is 6.90. The van der Waals surface area contributed by atoms with Crippen LogP contribution in [0.4, 0.5) is 0 Å². The highest BCUT2D eigenvalue weighted by molar-refractivity contribution is 7.09. The van der Waals surface area contributed by atoms with E-state index in [-0.39, 0.29) is 0 Å². The molecule has 1 atom stereocenters. The molecule has 1 fully saturated rings. The number of aromatic nitrogens is 1. The van der Waals surface area contributed by atoms with Crippen LogP contribution in [0.5, 0.6) is 0 Å². The van der Waals surface area contributed by atoms with Crippen molar-refractivity contribution in [2.24, 2.45) is 5.92 Å². The van der Waals surface area contributed by atoms with E-state index in [1.54, 1.807) is 11.3 Å². The van der Waals surface area contributed by atoms with Crippen LogP contribution in [0, 0.1) is 5.92 Å². The summed E-state index contributed by atoms with van der Waals surface area (Å²) >= 11 is 1.78. The fourth-order valence-electron chi connectivity index (χ4n) is 1.79. The van der Waals surface area contributed by atoms with Crippen molar-refractivity contribution < 1.29 is 0 Å². The van der Waals surface area contributed by atoms with Crippen molar-refractivity contribution in [2.45, 2.75) is 38.6 Å². The molecule has 1 aliphatic rings. The second-order valence-corrected chi connectivity index (χ2v) is 5.04. The second kappa shape index (κ2) is 4.89. The molecule has 0 aliphatic heterocycles. The highest BCUT2D eigenvalue weighted by Crippen LogP contribution is 2.34. The molecule has 0 radical (unpaired) electrons. The van der Waals surface area contributed by atoms with Gasteiger partial charge in [0.25, 0.3) is 0 Å². The zero-order valence-corrected chi connectivity index (χ0v) is 9.52. The minimum absolute atomic E-state index is 0.704. The van der Waals surface area contributed by atoms with Gasteiger partial charge in [-0.05, 0) is 38.1 Å². The van der Waals surface area contributed by atoms with E-state index in [1.807, 2.05) is 11.7 Å². The molecule has 1 saturated carbocycles. The monoisotopic (exact) mass is 210 g/mol. The maximum absolute atomic E-state index is 4.13. The van der Waals surface area contributed by atoms with Gasteiger partial charge in [-0.3, -0.25) is 4.98 Å². The van der Waals surface area contributed by atoms with Crippen molar-refractivity contribution in [1.29, 1.82) is 0 Å². The zero-order valence-electron chi connectivity index (χ0n) is 8.70. The maximum Gasteiger partial charge on any atom is 0.0794 e. The lowest BCUT2D eigenvalue weighted by molar-refractivity contribution is 0.462. The Morgan fingerprint density at radius 2 is 2.50 bits per heavy atom. The molecule has 0 amide bonds. The first-order valence-corrected chi connectivity index (χ1v) is 6.39. The number of hydrogen-bond donors (Lipinski definition) is 1. The molecule has 1 N–H and O–H groups in total. The quantitative estimate of drug-likeness (QED) is 0.780. The number of nitrogens with one attached hydrogen (secondary N) is 1. The van der Waals surface area contributed by atoms with Crippen LogP contribution < -0.4 is 5.32 Å². The maximum atomic E-state index is 4.13. The Morgan fingerprint density at radius 1 is 1.64 bits per heavy atom. The predicted octanol–water partition coefficient (Wildman–Crippen LogP) is 2.46. The van der Waals surface area contributed by atoms with Crippen molar-refractivity contribution in [3.8, 4) is 0 Å². The van der Waals surface area contributed by atoms with Gasteiger partial charge in [-0.25, -0.2) is 0 Å². The molecule has 2 rings (SSSR count). The second-order valence-electron chi connectivity index (χ2n) is 4.07. The van der Waals surface area contributed by atoms with Crippen LogP contribution in [0.15, 0.2) is 11.7 Å². The molecule has 78 valence electrons. The minimum Gasteiger partial charge on any atom is -0.313 e. The van der Waals surface area contributed by atoms with E-state index in [0.717, 1.165) is 12.5 Å². The van der Waals surface area contributed by atoms with E-state index in [4.69, 9.17) is 0 Å². The third-order valence-corrected chi connectivity index (χ3v) is 3.55. The lowest BCUT2D eigenvalue weighted by Crippen LogP contribution is -2.33. The summed E-state index contributed by atoms with van der Waals surface area (Å²) in [7, 11) is 0. The summed E-state index contributed by atoms with van der Waals surface area (Å²) in [4.78, 5) is 5.55. The van der Waals surface area contributed by atoms with Crippen LogP contribution >= 0.6 is 11.3 Å². The van der Waals surface area contributed by atoms with Gasteiger partial charge in [0.05, 0.1) is 5.51 Å². The minimum atomic E-state index is 0.704. The lowest BCUT2D eigenvalue weighted by Gasteiger charge is -2.16. The van der Waals surface area contributed by atoms with Crippen molar-refractivity contribution >= 4 is 11.3 Å². The Hall–Kier alpha value is -0.410. The third kappa shape index (κ3) is 2.79. The molecule has 14 heavy (non-hydrogen) atoms. The molecule has 1 heterocycles. The first kappa shape index (κ1) is 10.1. The molecule has 0 bridgehead atoms. The van der Waals surface area contributed by atoms with Gasteiger partial charge in [0.1, 0.15) is 0 Å². The Kier molecular flexibility index (Phi) is 3.54. The Bertz CT molecular complexity index is 254. The molecule has 0 spiro atoms. The summed E-state index contributed by atoms with van der Waals surface area (Å²) in [6.45, 7) is 3.38. The smallest absolute Gasteiger partial charge is 0.0794 e. The van der Waals surface area contributed by atoms with Gasteiger partial charge < -0.3 is 5.32 Å². The molecule has 1 unspecified atom stereocenters. The van der Waals surface area contributed by atoms with Gasteiger partial charge in [0.2, 0.25) is 0 Å². The van der Waals surface area contributed by atoms with Gasteiger partial charge in [-0.15, -0.1) is 11.3 Å². The van der Waals surface area contributed by atoms with Gasteiger partial charge in [-0.1, -0.05) is 6.92 Å². The van der Waals surface area contributed by atoms with Crippen molar-refractivity contribution in [3.05, 3.63) is 16.6 Å². The standard InChI is InChI=1S/C11H18N2S/c1-2-5-13-11(9-3-4-9)6-10-7-12-8-14-10/h7-9,11,13H,2-6H2,1H3. The van der Waals surface area contributed by atoms with E-state index in [1.165, 1.54) is 30.6 Å². The fraction of sp³-hybridized carbons (Fsp3) is 0.727. The Morgan fingerprint density at radius 3 is 3.07 bits per heavy atom. The summed E-state index contributed by atoms with van der Waals surface area (Å²) < 4.78 is 0. The van der Waals surface area contributed by atoms with Crippen LogP contribution in [-0.2, 0) is 6.42 Å². The molecule has 1 aromatic rings. The molecular formula is C11H18N2S. The molecule has 2 nitrogen and oxygen atoms in total. The Balaban J connectivity index is 1.84. The third-order valence-electron chi connectivity index (χ3n) is 2.75. The normalized spacial score (nSPS) is 18.4. The topological polar surface area (TPSA) is 24.9 Å². The van der Waals surface area contributed by atoms with E-state index >= 15 is 0 Å². The van der Waals surface area contributed by atoms with E-state index in [9.17, 15) is 0 Å². The SMILES string of the molecule is CCCNC(Cc1cncs1)C1CC1. The highest BCUT2D eigenvalue weighted by Gasteiger charge is 2.30. The van der Waals surface area contributed by atoms with Crippen LogP contribution in [0.1, 0.15) is 31.1 Å². The van der Waals surface area contributed by atoms with Crippen molar-refractivity contribution in [1.82, 2.24) is 10.3 Å². The fourth-order valence-corrected chi connectivity index (χ4v) is 2.45. The first-order valence-electron chi connectivity index (χ1n) is 5.51. The molecule has 0 aromatic carbocycles. The zero-order chi connectivity index (χ0) is 9.80. The average Bonchev–Trinajstić information content (AvgIpc) is 2.92. The summed E-state index contributed by atoms with van der Waals surface area (Å²) in [5.74, 6) is 0.934. The van der Waals surface area contributed by atoms with Gasteiger partial charge in [-0.2, -0.15) is 0 Å². The van der Waals surface area contributed by atoms with E-state index < -0.39 is 0 Å². The molecule has 0 saturated heterocycles. The van der Waals surface area contributed by atoms with Gasteiger partial charge in [0.15, 0.2) is 0 Å². The molecule has 3 heteroatoms. The molecule has 1 aromatic heterocycles. The molecular weight excluding hydrogens is 192 g/mol. The number of nitrogens with zero attached hydrogens (tertiary/aromatic N) is 1.